The Hall–Kier alpha value is -0.940. The summed E-state index contributed by atoms with van der Waals surface area (Å²) in [4.78, 5) is -0.490. The van der Waals surface area contributed by atoms with Crippen LogP contribution in [0.25, 0.3) is 0 Å². The molecule has 0 N–H and O–H groups in total. The quantitative estimate of drug-likeness (QED) is 0.651. The molecule has 0 bridgehead atoms. The van der Waals surface area contributed by atoms with Gasteiger partial charge in [-0.15, -0.1) is 0 Å². The first-order valence-electron chi connectivity index (χ1n) is 5.45. The van der Waals surface area contributed by atoms with E-state index in [0.29, 0.717) is 16.9 Å². The summed E-state index contributed by atoms with van der Waals surface area (Å²) in [5.74, 6) is -0.255. The molecule has 1 unspecified atom stereocenters. The topological polar surface area (TPSA) is 9.23 Å². The van der Waals surface area contributed by atoms with Crippen molar-refractivity contribution in [3.05, 3.63) is 63.6 Å². The highest BCUT2D eigenvalue weighted by atomic mass is 79.9. The molecule has 1 atom stereocenters. The second-order valence-electron chi connectivity index (χ2n) is 3.91. The normalized spacial score (nSPS) is 12.3. The molecule has 5 heteroatoms. The SMILES string of the molecule is COc1ccc(F)cc1C(Br)c1cc(Br)ccc1F. The molecule has 0 aliphatic rings. The van der Waals surface area contributed by atoms with Crippen LogP contribution in [0.15, 0.2) is 40.9 Å². The zero-order valence-electron chi connectivity index (χ0n) is 9.96. The van der Waals surface area contributed by atoms with Crippen LogP contribution >= 0.6 is 31.9 Å². The number of alkyl halides is 1. The van der Waals surface area contributed by atoms with E-state index >= 15 is 0 Å². The monoisotopic (exact) mass is 390 g/mol. The van der Waals surface area contributed by atoms with Crippen molar-refractivity contribution in [3.8, 4) is 5.75 Å². The summed E-state index contributed by atoms with van der Waals surface area (Å²) in [5, 5.41) is 0. The minimum Gasteiger partial charge on any atom is -0.496 e. The van der Waals surface area contributed by atoms with E-state index < -0.39 is 10.6 Å². The Balaban J connectivity index is 2.51. The van der Waals surface area contributed by atoms with Crippen molar-refractivity contribution in [1.82, 2.24) is 0 Å². The number of halogens is 4. The largest absolute Gasteiger partial charge is 0.496 e. The van der Waals surface area contributed by atoms with Crippen LogP contribution in [0.3, 0.4) is 0 Å². The number of methoxy groups -OCH3 is 1. The lowest BCUT2D eigenvalue weighted by Crippen LogP contribution is -2.00. The van der Waals surface area contributed by atoms with Gasteiger partial charge in [-0.1, -0.05) is 31.9 Å². The number of ether oxygens (including phenoxy) is 1. The van der Waals surface area contributed by atoms with Crippen molar-refractivity contribution >= 4 is 31.9 Å². The maximum absolute atomic E-state index is 13.9. The van der Waals surface area contributed by atoms with Gasteiger partial charge < -0.3 is 4.74 Å². The van der Waals surface area contributed by atoms with Gasteiger partial charge >= 0.3 is 0 Å². The Morgan fingerprint density at radius 3 is 2.47 bits per heavy atom. The van der Waals surface area contributed by atoms with Crippen LogP contribution in [-0.2, 0) is 0 Å². The lowest BCUT2D eigenvalue weighted by Gasteiger charge is -2.15. The molecule has 0 heterocycles. The molecule has 0 aliphatic carbocycles. The Labute approximate surface area is 126 Å². The first-order chi connectivity index (χ1) is 9.02. The number of hydrogen-bond acceptors (Lipinski definition) is 1. The predicted octanol–water partition coefficient (Wildman–Crippen LogP) is 5.22. The van der Waals surface area contributed by atoms with Crippen LogP contribution in [0.2, 0.25) is 0 Å². The lowest BCUT2D eigenvalue weighted by atomic mass is 10.0. The molecule has 0 saturated heterocycles. The predicted molar refractivity (Wildman–Crippen MR) is 77.8 cm³/mol. The van der Waals surface area contributed by atoms with Gasteiger partial charge in [-0.3, -0.25) is 0 Å². The maximum atomic E-state index is 13.9. The molecule has 2 aromatic rings. The van der Waals surface area contributed by atoms with E-state index in [1.54, 1.807) is 12.1 Å². The fraction of sp³-hybridized carbons (Fsp3) is 0.143. The van der Waals surface area contributed by atoms with E-state index in [9.17, 15) is 8.78 Å². The van der Waals surface area contributed by atoms with E-state index in [4.69, 9.17) is 4.74 Å². The van der Waals surface area contributed by atoms with Crippen LogP contribution < -0.4 is 4.74 Å². The zero-order chi connectivity index (χ0) is 14.0. The standard InChI is InChI=1S/C14H10Br2F2O/c1-19-13-5-3-9(17)7-11(13)14(16)10-6-8(15)2-4-12(10)18/h2-7,14H,1H3. The van der Waals surface area contributed by atoms with Gasteiger partial charge in [0.15, 0.2) is 0 Å². The van der Waals surface area contributed by atoms with Gasteiger partial charge in [-0.2, -0.15) is 0 Å². The van der Waals surface area contributed by atoms with Crippen LogP contribution in [0.1, 0.15) is 16.0 Å². The van der Waals surface area contributed by atoms with E-state index in [1.165, 1.54) is 31.4 Å². The fourth-order valence-corrected chi connectivity index (χ4v) is 2.87. The van der Waals surface area contributed by atoms with Crippen LogP contribution in [0.5, 0.6) is 5.75 Å². The average Bonchev–Trinajstić information content (AvgIpc) is 2.40. The molecule has 0 fully saturated rings. The Morgan fingerprint density at radius 2 is 1.79 bits per heavy atom. The number of hydrogen-bond donors (Lipinski definition) is 0. The lowest BCUT2D eigenvalue weighted by molar-refractivity contribution is 0.409. The highest BCUT2D eigenvalue weighted by Crippen LogP contribution is 2.38. The Kier molecular flexibility index (Phi) is 4.58. The molecule has 1 nitrogen and oxygen atoms in total. The third-order valence-corrected chi connectivity index (χ3v) is 4.18. The van der Waals surface area contributed by atoms with Crippen molar-refractivity contribution in [2.24, 2.45) is 0 Å². The van der Waals surface area contributed by atoms with Crippen molar-refractivity contribution in [2.45, 2.75) is 4.83 Å². The van der Waals surface area contributed by atoms with Crippen molar-refractivity contribution in [3.63, 3.8) is 0 Å². The summed E-state index contributed by atoms with van der Waals surface area (Å²) >= 11 is 6.69. The van der Waals surface area contributed by atoms with Gasteiger partial charge in [0.2, 0.25) is 0 Å². The van der Waals surface area contributed by atoms with Gasteiger partial charge in [0.1, 0.15) is 17.4 Å². The first kappa shape index (κ1) is 14.5. The average molecular weight is 392 g/mol. The molecule has 0 aromatic heterocycles. The molecule has 100 valence electrons. The van der Waals surface area contributed by atoms with Crippen molar-refractivity contribution in [1.29, 1.82) is 0 Å². The highest BCUT2D eigenvalue weighted by Gasteiger charge is 2.19. The van der Waals surface area contributed by atoms with E-state index in [2.05, 4.69) is 31.9 Å². The molecular weight excluding hydrogens is 382 g/mol. The fourth-order valence-electron chi connectivity index (χ4n) is 1.78. The molecule has 0 amide bonds. The molecule has 0 spiro atoms. The minimum atomic E-state index is -0.490. The molecule has 0 aliphatic heterocycles. The van der Waals surface area contributed by atoms with E-state index in [0.717, 1.165) is 4.47 Å². The molecule has 19 heavy (non-hydrogen) atoms. The third kappa shape index (κ3) is 3.15. The van der Waals surface area contributed by atoms with Crippen LogP contribution in [-0.4, -0.2) is 7.11 Å². The molecule has 2 aromatic carbocycles. The summed E-state index contributed by atoms with van der Waals surface area (Å²) in [6, 6.07) is 8.78. The van der Waals surface area contributed by atoms with Crippen molar-refractivity contribution in [2.75, 3.05) is 7.11 Å². The van der Waals surface area contributed by atoms with E-state index in [-0.39, 0.29) is 5.82 Å². The third-order valence-electron chi connectivity index (χ3n) is 2.70. The second kappa shape index (κ2) is 6.01. The summed E-state index contributed by atoms with van der Waals surface area (Å²) in [7, 11) is 1.49. The summed E-state index contributed by atoms with van der Waals surface area (Å²) in [5.41, 5.74) is 0.956. The molecular formula is C14H10Br2F2O. The summed E-state index contributed by atoms with van der Waals surface area (Å²) in [6.45, 7) is 0. The highest BCUT2D eigenvalue weighted by molar-refractivity contribution is 9.10. The van der Waals surface area contributed by atoms with Crippen LogP contribution in [0.4, 0.5) is 8.78 Å². The molecule has 2 rings (SSSR count). The number of rotatable bonds is 3. The van der Waals surface area contributed by atoms with Gasteiger partial charge in [0.05, 0.1) is 11.9 Å². The smallest absolute Gasteiger partial charge is 0.127 e. The van der Waals surface area contributed by atoms with Gasteiger partial charge in [0.25, 0.3) is 0 Å². The van der Waals surface area contributed by atoms with Crippen LogP contribution in [0, 0.1) is 11.6 Å². The van der Waals surface area contributed by atoms with E-state index in [1.807, 2.05) is 0 Å². The molecule has 0 saturated carbocycles. The summed E-state index contributed by atoms with van der Waals surface area (Å²) in [6.07, 6.45) is 0. The van der Waals surface area contributed by atoms with Crippen molar-refractivity contribution < 1.29 is 13.5 Å². The Bertz CT molecular complexity index is 602. The first-order valence-corrected chi connectivity index (χ1v) is 7.16. The van der Waals surface area contributed by atoms with Gasteiger partial charge in [-0.05, 0) is 36.4 Å². The zero-order valence-corrected chi connectivity index (χ0v) is 13.1. The number of benzene rings is 2. The molecule has 0 radical (unpaired) electrons. The minimum absolute atomic E-state index is 0.364. The summed E-state index contributed by atoms with van der Waals surface area (Å²) < 4.78 is 33.2. The van der Waals surface area contributed by atoms with Gasteiger partial charge in [-0.25, -0.2) is 8.78 Å². The Morgan fingerprint density at radius 1 is 1.05 bits per heavy atom. The van der Waals surface area contributed by atoms with Gasteiger partial charge in [0, 0.05) is 15.6 Å². The maximum Gasteiger partial charge on any atom is 0.127 e. The second-order valence-corrected chi connectivity index (χ2v) is 5.75.